The maximum absolute atomic E-state index is 10.2. The van der Waals surface area contributed by atoms with Crippen LogP contribution in [0.25, 0.3) is 0 Å². The predicted molar refractivity (Wildman–Crippen MR) is 43.2 cm³/mol. The summed E-state index contributed by atoms with van der Waals surface area (Å²) < 4.78 is 5.07. The van der Waals surface area contributed by atoms with Crippen molar-refractivity contribution >= 4 is 5.96 Å². The monoisotopic (exact) mass is 186 g/mol. The van der Waals surface area contributed by atoms with Gasteiger partial charge in [0.05, 0.1) is 0 Å². The van der Waals surface area contributed by atoms with Crippen LogP contribution < -0.4 is 5.43 Å². The van der Waals surface area contributed by atoms with E-state index in [0.717, 1.165) is 12.8 Å². The first kappa shape index (κ1) is 8.24. The predicted octanol–water partition coefficient (Wildman–Crippen LogP) is -0.467. The molecule has 0 bridgehead atoms. The first-order valence-corrected chi connectivity index (χ1v) is 4.07. The molecule has 13 heavy (non-hydrogen) atoms. The molecule has 0 atom stereocenters. The second-order valence-corrected chi connectivity index (χ2v) is 3.01. The van der Waals surface area contributed by atoms with Crippen molar-refractivity contribution in [2.75, 3.05) is 13.5 Å². The number of hydrogen-bond donors (Lipinski definition) is 1. The number of nitro groups is 1. The number of hydrogen-bond acceptors (Lipinski definition) is 5. The second-order valence-electron chi connectivity index (χ2n) is 3.01. The Morgan fingerprint density at radius 2 is 2.46 bits per heavy atom. The first-order valence-electron chi connectivity index (χ1n) is 4.07. The molecule has 0 aromatic rings. The molecule has 0 aromatic heterocycles. The van der Waals surface area contributed by atoms with E-state index in [1.54, 1.807) is 4.90 Å². The third kappa shape index (κ3) is 1.86. The Labute approximate surface area is 74.5 Å². The minimum atomic E-state index is -0.598. The van der Waals surface area contributed by atoms with Crippen molar-refractivity contribution in [1.29, 1.82) is 0 Å². The molecule has 2 aliphatic rings. The largest absolute Gasteiger partial charge is 0.339 e. The van der Waals surface area contributed by atoms with Crippen molar-refractivity contribution in [1.82, 2.24) is 10.3 Å². The Hall–Kier alpha value is -1.37. The summed E-state index contributed by atoms with van der Waals surface area (Å²) in [6.45, 7) is 0.587. The maximum atomic E-state index is 10.2. The Bertz CT molecular complexity index is 250. The number of aliphatic imine (C=N–C) groups is 1. The van der Waals surface area contributed by atoms with Crippen LogP contribution in [-0.4, -0.2) is 35.4 Å². The zero-order valence-electron chi connectivity index (χ0n) is 6.97. The van der Waals surface area contributed by atoms with E-state index in [1.807, 2.05) is 0 Å². The van der Waals surface area contributed by atoms with Gasteiger partial charge >= 0.3 is 0 Å². The Morgan fingerprint density at radius 1 is 1.69 bits per heavy atom. The summed E-state index contributed by atoms with van der Waals surface area (Å²) in [6.07, 6.45) is 2.11. The molecule has 0 aromatic carbocycles. The van der Waals surface area contributed by atoms with Crippen LogP contribution in [0.5, 0.6) is 0 Å². The minimum absolute atomic E-state index is 0.194. The number of rotatable bonds is 2. The van der Waals surface area contributed by atoms with Gasteiger partial charge in [0.25, 0.3) is 5.96 Å². The molecular formula is C6H10N4O3. The third-order valence-corrected chi connectivity index (χ3v) is 1.99. The van der Waals surface area contributed by atoms with E-state index >= 15 is 0 Å². The number of nitrogens with one attached hydrogen (secondary N) is 1. The quantitative estimate of drug-likeness (QED) is 0.466. The minimum Gasteiger partial charge on any atom is -0.339 e. The van der Waals surface area contributed by atoms with Crippen LogP contribution in [0.3, 0.4) is 0 Å². The van der Waals surface area contributed by atoms with Crippen molar-refractivity contribution < 1.29 is 9.77 Å². The summed E-state index contributed by atoms with van der Waals surface area (Å²) in [5.74, 6) is 0.318. The summed E-state index contributed by atoms with van der Waals surface area (Å²) in [4.78, 5) is 15.9. The molecule has 0 amide bonds. The third-order valence-electron chi connectivity index (χ3n) is 1.99. The number of guanidine groups is 1. The molecule has 7 heteroatoms. The number of ether oxygens (including phenoxy) is 1. The highest BCUT2D eigenvalue weighted by Gasteiger charge is 2.34. The molecule has 1 fully saturated rings. The lowest BCUT2D eigenvalue weighted by Crippen LogP contribution is -2.48. The van der Waals surface area contributed by atoms with Gasteiger partial charge in [0.15, 0.2) is 5.03 Å². The lowest BCUT2D eigenvalue weighted by Gasteiger charge is -2.26. The molecule has 7 nitrogen and oxygen atoms in total. The lowest BCUT2D eigenvalue weighted by molar-refractivity contribution is -0.527. The average molecular weight is 186 g/mol. The van der Waals surface area contributed by atoms with E-state index in [9.17, 15) is 10.1 Å². The van der Waals surface area contributed by atoms with E-state index in [-0.39, 0.29) is 6.73 Å². The Balaban J connectivity index is 2.02. The molecule has 1 aliphatic carbocycles. The van der Waals surface area contributed by atoms with E-state index in [1.165, 1.54) is 0 Å². The van der Waals surface area contributed by atoms with Gasteiger partial charge in [-0.1, -0.05) is 5.43 Å². The summed E-state index contributed by atoms with van der Waals surface area (Å²) in [5, 5.41) is 9.60. The van der Waals surface area contributed by atoms with Crippen LogP contribution in [0.2, 0.25) is 0 Å². The highest BCUT2D eigenvalue weighted by atomic mass is 16.7. The fourth-order valence-corrected chi connectivity index (χ4v) is 1.24. The van der Waals surface area contributed by atoms with Crippen molar-refractivity contribution in [3.63, 3.8) is 0 Å². The van der Waals surface area contributed by atoms with E-state index in [4.69, 9.17) is 4.74 Å². The molecule has 72 valence electrons. The van der Waals surface area contributed by atoms with Gasteiger partial charge in [-0.2, -0.15) is 0 Å². The van der Waals surface area contributed by atoms with Crippen LogP contribution in [0.1, 0.15) is 12.8 Å². The van der Waals surface area contributed by atoms with Crippen LogP contribution in [0.4, 0.5) is 0 Å². The van der Waals surface area contributed by atoms with Crippen molar-refractivity contribution in [3.8, 4) is 0 Å². The van der Waals surface area contributed by atoms with Crippen LogP contribution in [0, 0.1) is 10.1 Å². The Morgan fingerprint density at radius 3 is 3.08 bits per heavy atom. The highest BCUT2D eigenvalue weighted by molar-refractivity contribution is 5.79. The fourth-order valence-electron chi connectivity index (χ4n) is 1.24. The highest BCUT2D eigenvalue weighted by Crippen LogP contribution is 2.27. The summed E-state index contributed by atoms with van der Waals surface area (Å²) >= 11 is 0. The van der Waals surface area contributed by atoms with Gasteiger partial charge in [-0.25, -0.2) is 15.1 Å². The SMILES string of the molecule is O=[N+]([O-])NC1=NCOCN1C1CC1. The van der Waals surface area contributed by atoms with Gasteiger partial charge in [0.2, 0.25) is 0 Å². The van der Waals surface area contributed by atoms with E-state index < -0.39 is 5.03 Å². The van der Waals surface area contributed by atoms with Gasteiger partial charge in [0, 0.05) is 6.04 Å². The molecule has 0 spiro atoms. The van der Waals surface area contributed by atoms with E-state index in [2.05, 4.69) is 10.4 Å². The van der Waals surface area contributed by atoms with Crippen molar-refractivity contribution in [2.45, 2.75) is 18.9 Å². The van der Waals surface area contributed by atoms with Crippen molar-refractivity contribution in [3.05, 3.63) is 10.1 Å². The van der Waals surface area contributed by atoms with Crippen LogP contribution in [-0.2, 0) is 4.74 Å². The van der Waals surface area contributed by atoms with Gasteiger partial charge in [-0.05, 0) is 12.8 Å². The van der Waals surface area contributed by atoms with Crippen LogP contribution >= 0.6 is 0 Å². The zero-order chi connectivity index (χ0) is 9.26. The first-order chi connectivity index (χ1) is 6.27. The molecule has 0 radical (unpaired) electrons. The lowest BCUT2D eigenvalue weighted by atomic mass is 10.6. The Kier molecular flexibility index (Phi) is 2.01. The topological polar surface area (TPSA) is 80.0 Å². The van der Waals surface area contributed by atoms with Gasteiger partial charge in [0.1, 0.15) is 13.5 Å². The van der Waals surface area contributed by atoms with Gasteiger partial charge in [-0.3, -0.25) is 0 Å². The molecule has 1 N–H and O–H groups in total. The standard InChI is InChI=1S/C6H10N4O3/c11-10(12)8-6-7-3-13-4-9(6)5-1-2-5/h5H,1-4H2,(H,7,8). The number of nitrogens with zero attached hydrogens (tertiary/aromatic N) is 3. The average Bonchev–Trinajstić information content (AvgIpc) is 2.87. The summed E-state index contributed by atoms with van der Waals surface area (Å²) in [7, 11) is 0. The molecule has 1 heterocycles. The second kappa shape index (κ2) is 3.17. The molecule has 0 saturated heterocycles. The molecule has 2 rings (SSSR count). The normalized spacial score (nSPS) is 22.5. The van der Waals surface area contributed by atoms with Crippen molar-refractivity contribution in [2.24, 2.45) is 4.99 Å². The van der Waals surface area contributed by atoms with Gasteiger partial charge < -0.3 is 9.64 Å². The number of hydrazine groups is 1. The fraction of sp³-hybridized carbons (Fsp3) is 0.833. The molecular weight excluding hydrogens is 176 g/mol. The maximum Gasteiger partial charge on any atom is 0.261 e. The molecule has 0 unspecified atom stereocenters. The zero-order valence-corrected chi connectivity index (χ0v) is 6.97. The van der Waals surface area contributed by atoms with E-state index in [0.29, 0.717) is 18.7 Å². The molecule has 1 saturated carbocycles. The van der Waals surface area contributed by atoms with Crippen LogP contribution in [0.15, 0.2) is 4.99 Å². The summed E-state index contributed by atoms with van der Waals surface area (Å²) in [6, 6.07) is 0.367. The smallest absolute Gasteiger partial charge is 0.261 e. The molecule has 1 aliphatic heterocycles. The summed E-state index contributed by atoms with van der Waals surface area (Å²) in [5.41, 5.74) is 2.07. The van der Waals surface area contributed by atoms with Gasteiger partial charge in [-0.15, -0.1) is 0 Å².